The normalized spacial score (nSPS) is 16.2. The van der Waals surface area contributed by atoms with Gasteiger partial charge in [0.2, 0.25) is 0 Å². The summed E-state index contributed by atoms with van der Waals surface area (Å²) in [6.07, 6.45) is 4.12. The van der Waals surface area contributed by atoms with E-state index in [1.807, 2.05) is 18.2 Å². The summed E-state index contributed by atoms with van der Waals surface area (Å²) in [5.41, 5.74) is 8.03. The Morgan fingerprint density at radius 3 is 2.25 bits per heavy atom. The number of benzene rings is 3. The highest BCUT2D eigenvalue weighted by Gasteiger charge is 2.48. The lowest BCUT2D eigenvalue weighted by Gasteiger charge is -2.42. The summed E-state index contributed by atoms with van der Waals surface area (Å²) < 4.78 is 34.2. The highest BCUT2D eigenvalue weighted by atomic mass is 28.4. The molecule has 2 heterocycles. The molecule has 234 valence electrons. The van der Waals surface area contributed by atoms with Crippen LogP contribution >= 0.6 is 0 Å². The van der Waals surface area contributed by atoms with Gasteiger partial charge in [-0.1, -0.05) is 59.8 Å². The van der Waals surface area contributed by atoms with Crippen LogP contribution in [0.5, 0.6) is 17.2 Å². The molecule has 5 nitrogen and oxygen atoms in total. The molecule has 0 atom stereocenters. The van der Waals surface area contributed by atoms with Gasteiger partial charge in [-0.25, -0.2) is 4.39 Å². The lowest BCUT2D eigenvalue weighted by Crippen LogP contribution is -2.50. The number of aliphatic hydroxyl groups is 1. The Bertz CT molecular complexity index is 1630. The van der Waals surface area contributed by atoms with Crippen LogP contribution in [0.1, 0.15) is 84.6 Å². The molecule has 5 rings (SSSR count). The fraction of sp³-hybridized carbons (Fsp3) is 0.405. The van der Waals surface area contributed by atoms with Crippen molar-refractivity contribution < 1.29 is 23.4 Å². The van der Waals surface area contributed by atoms with Gasteiger partial charge in [-0.2, -0.15) is 0 Å². The van der Waals surface area contributed by atoms with Gasteiger partial charge in [0.05, 0.1) is 24.8 Å². The Labute approximate surface area is 262 Å². The molecule has 2 aliphatic heterocycles. The molecule has 44 heavy (non-hydrogen) atoms. The lowest BCUT2D eigenvalue weighted by atomic mass is 9.82. The van der Waals surface area contributed by atoms with Gasteiger partial charge in [0.25, 0.3) is 8.32 Å². The fourth-order valence-corrected chi connectivity index (χ4v) is 12.8. The van der Waals surface area contributed by atoms with Crippen LogP contribution in [0.3, 0.4) is 0 Å². The van der Waals surface area contributed by atoms with E-state index in [1.54, 1.807) is 13.2 Å². The minimum atomic E-state index is -2.29. The van der Waals surface area contributed by atoms with Gasteiger partial charge in [0.1, 0.15) is 23.1 Å². The minimum Gasteiger partial charge on any atom is -0.540 e. The fourth-order valence-electron chi connectivity index (χ4n) is 7.55. The number of fused-ring (bicyclic) bond motifs is 5. The number of aliphatic hydroxyl groups excluding tert-OH is 1. The second-order valence-corrected chi connectivity index (χ2v) is 19.0. The van der Waals surface area contributed by atoms with Crippen LogP contribution in [0.15, 0.2) is 48.5 Å². The van der Waals surface area contributed by atoms with Crippen molar-refractivity contribution in [2.75, 3.05) is 12.4 Å². The summed E-state index contributed by atoms with van der Waals surface area (Å²) in [5.74, 6) is 2.27. The summed E-state index contributed by atoms with van der Waals surface area (Å²) in [6.45, 7) is 19.8. The number of hydrogen-bond acceptors (Lipinski definition) is 5. The molecule has 0 spiro atoms. The molecule has 0 unspecified atom stereocenters. The third-order valence-electron chi connectivity index (χ3n) is 9.21. The number of allylic oxidation sites excluding steroid dienone is 1. The Hall–Kier alpha value is -3.55. The van der Waals surface area contributed by atoms with E-state index in [0.29, 0.717) is 45.0 Å². The molecule has 2 N–H and O–H groups in total. The van der Waals surface area contributed by atoms with Crippen LogP contribution in [-0.2, 0) is 6.61 Å². The van der Waals surface area contributed by atoms with E-state index in [9.17, 15) is 9.50 Å². The molecular formula is C37H46FNO4Si. The molecule has 0 fully saturated rings. The molecule has 0 saturated carbocycles. The van der Waals surface area contributed by atoms with E-state index in [2.05, 4.69) is 85.8 Å². The predicted molar refractivity (Wildman–Crippen MR) is 182 cm³/mol. The maximum atomic E-state index is 14.1. The van der Waals surface area contributed by atoms with Crippen molar-refractivity contribution in [1.82, 2.24) is 0 Å². The van der Waals surface area contributed by atoms with Crippen molar-refractivity contribution in [2.24, 2.45) is 0 Å². The van der Waals surface area contributed by atoms with Crippen molar-refractivity contribution in [2.45, 2.75) is 91.1 Å². The van der Waals surface area contributed by atoms with Crippen LogP contribution in [0.2, 0.25) is 16.6 Å². The number of ether oxygens (including phenoxy) is 2. The third-order valence-corrected chi connectivity index (χ3v) is 15.2. The summed E-state index contributed by atoms with van der Waals surface area (Å²) in [4.78, 5) is 0. The largest absolute Gasteiger partial charge is 0.540 e. The van der Waals surface area contributed by atoms with E-state index in [1.165, 1.54) is 12.1 Å². The van der Waals surface area contributed by atoms with Crippen LogP contribution in [0, 0.1) is 5.82 Å². The molecule has 3 aromatic carbocycles. The van der Waals surface area contributed by atoms with Crippen molar-refractivity contribution in [3.8, 4) is 28.4 Å². The zero-order valence-corrected chi connectivity index (χ0v) is 28.7. The SMILES string of the molecule is COc1c(O[Si](C(C)C)(C(C)C)C(C)C)ccc2c1-c1ccc3c(c1/C(=C/c1ccc(F)cc1CO)O2)C(C)=CC(C)(C)N3. The molecule has 3 aromatic rings. The molecule has 0 aromatic heterocycles. The quantitative estimate of drug-likeness (QED) is 0.247. The van der Waals surface area contributed by atoms with Crippen LogP contribution in [0.4, 0.5) is 10.1 Å². The first-order valence-corrected chi connectivity index (χ1v) is 17.7. The zero-order valence-electron chi connectivity index (χ0n) is 27.7. The predicted octanol–water partition coefficient (Wildman–Crippen LogP) is 10.0. The van der Waals surface area contributed by atoms with Crippen molar-refractivity contribution in [3.05, 3.63) is 76.6 Å². The monoisotopic (exact) mass is 615 g/mol. The smallest absolute Gasteiger partial charge is 0.258 e. The summed E-state index contributed by atoms with van der Waals surface area (Å²) >= 11 is 0. The second kappa shape index (κ2) is 11.7. The van der Waals surface area contributed by atoms with E-state index >= 15 is 0 Å². The number of anilines is 1. The summed E-state index contributed by atoms with van der Waals surface area (Å²) in [6, 6.07) is 12.6. The van der Waals surface area contributed by atoms with Gasteiger partial charge in [0, 0.05) is 22.4 Å². The Kier molecular flexibility index (Phi) is 8.51. The molecule has 7 heteroatoms. The molecular weight excluding hydrogens is 569 g/mol. The number of hydrogen-bond donors (Lipinski definition) is 2. The first kappa shape index (κ1) is 31.9. The molecule has 0 amide bonds. The van der Waals surface area contributed by atoms with Gasteiger partial charge < -0.3 is 24.3 Å². The Morgan fingerprint density at radius 1 is 0.955 bits per heavy atom. The average Bonchev–Trinajstić information content (AvgIpc) is 2.94. The van der Waals surface area contributed by atoms with Gasteiger partial charge >= 0.3 is 0 Å². The Balaban J connectivity index is 1.79. The van der Waals surface area contributed by atoms with Gasteiger partial charge in [-0.3, -0.25) is 0 Å². The van der Waals surface area contributed by atoms with Gasteiger partial charge in [-0.15, -0.1) is 0 Å². The molecule has 0 aliphatic carbocycles. The first-order chi connectivity index (χ1) is 20.7. The third kappa shape index (κ3) is 5.34. The van der Waals surface area contributed by atoms with E-state index in [4.69, 9.17) is 13.9 Å². The van der Waals surface area contributed by atoms with Crippen molar-refractivity contribution in [3.63, 3.8) is 0 Å². The summed E-state index contributed by atoms with van der Waals surface area (Å²) in [5, 5.41) is 13.7. The highest BCUT2D eigenvalue weighted by Crippen LogP contribution is 2.55. The van der Waals surface area contributed by atoms with Crippen LogP contribution < -0.4 is 19.2 Å². The van der Waals surface area contributed by atoms with E-state index < -0.39 is 14.1 Å². The maximum absolute atomic E-state index is 14.1. The van der Waals surface area contributed by atoms with Gasteiger partial charge in [0.15, 0.2) is 5.75 Å². The highest BCUT2D eigenvalue weighted by molar-refractivity contribution is 6.78. The number of methoxy groups -OCH3 is 1. The van der Waals surface area contributed by atoms with Crippen LogP contribution in [0.25, 0.3) is 28.5 Å². The topological polar surface area (TPSA) is 60.0 Å². The molecule has 0 radical (unpaired) electrons. The Morgan fingerprint density at radius 2 is 1.64 bits per heavy atom. The number of halogens is 1. The minimum absolute atomic E-state index is 0.221. The van der Waals surface area contributed by atoms with Gasteiger partial charge in [-0.05, 0) is 90.5 Å². The average molecular weight is 616 g/mol. The van der Waals surface area contributed by atoms with E-state index in [-0.39, 0.29) is 12.1 Å². The molecule has 0 saturated heterocycles. The number of rotatable bonds is 8. The maximum Gasteiger partial charge on any atom is 0.258 e. The lowest BCUT2D eigenvalue weighted by molar-refractivity contribution is 0.281. The van der Waals surface area contributed by atoms with Crippen molar-refractivity contribution in [1.29, 1.82) is 0 Å². The standard InChI is InChI=1S/C37H46FNO4Si/c1-21(2)44(22(3)4,23(5)6)43-31-16-15-30-35(36(31)41-10)28-13-14-29-33(24(7)19-37(8,9)39-29)34(28)32(42-30)18-25-11-12-27(38)17-26(25)20-40/h11-19,21-23,39-40H,20H2,1-10H3/b32-18-. The second-order valence-electron chi connectivity index (χ2n) is 13.6. The summed E-state index contributed by atoms with van der Waals surface area (Å²) in [7, 11) is -0.598. The van der Waals surface area contributed by atoms with Crippen LogP contribution in [-0.4, -0.2) is 26.1 Å². The first-order valence-electron chi connectivity index (χ1n) is 15.6. The molecule has 2 aliphatic rings. The van der Waals surface area contributed by atoms with E-state index in [0.717, 1.165) is 39.3 Å². The number of nitrogens with one attached hydrogen (secondary N) is 1. The van der Waals surface area contributed by atoms with Crippen molar-refractivity contribution >= 4 is 31.4 Å². The zero-order chi connectivity index (χ0) is 32.1. The molecule has 0 bridgehead atoms.